The van der Waals surface area contributed by atoms with E-state index in [-0.39, 0.29) is 28.4 Å². The highest BCUT2D eigenvalue weighted by molar-refractivity contribution is 6.91. The van der Waals surface area contributed by atoms with Crippen LogP contribution >= 0.6 is 0 Å². The number of carbonyl (C=O) groups is 1. The fourth-order valence-electron chi connectivity index (χ4n) is 5.38. The predicted molar refractivity (Wildman–Crippen MR) is 158 cm³/mol. The average molecular weight is 553 g/mol. The normalized spacial score (nSPS) is 26.5. The zero-order chi connectivity index (χ0) is 27.7. The van der Waals surface area contributed by atoms with E-state index >= 15 is 0 Å². The molecule has 2 bridgehead atoms. The van der Waals surface area contributed by atoms with Gasteiger partial charge in [-0.25, -0.2) is 0 Å². The van der Waals surface area contributed by atoms with E-state index in [0.717, 1.165) is 5.56 Å². The monoisotopic (exact) mass is 552 g/mol. The van der Waals surface area contributed by atoms with Crippen LogP contribution in [0.1, 0.15) is 32.8 Å². The summed E-state index contributed by atoms with van der Waals surface area (Å²) in [5, 5.41) is 12.7. The van der Waals surface area contributed by atoms with E-state index in [2.05, 4.69) is 77.3 Å². The molecular formula is C31H44O5Si2. The van der Waals surface area contributed by atoms with E-state index in [9.17, 15) is 9.90 Å². The number of carbonyl (C=O) groups excluding carboxylic acids is 1. The van der Waals surface area contributed by atoms with Crippen molar-refractivity contribution >= 4 is 27.4 Å². The largest absolute Gasteiger partial charge is 0.544 e. The summed E-state index contributed by atoms with van der Waals surface area (Å²) in [5.74, 6) is 0.0449. The maximum atomic E-state index is 13.7. The lowest BCUT2D eigenvalue weighted by Gasteiger charge is -2.41. The van der Waals surface area contributed by atoms with Crippen LogP contribution in [-0.2, 0) is 25.3 Å². The van der Waals surface area contributed by atoms with E-state index in [4.69, 9.17) is 13.9 Å². The van der Waals surface area contributed by atoms with Gasteiger partial charge in [0.05, 0.1) is 27.4 Å². The van der Waals surface area contributed by atoms with Gasteiger partial charge in [0, 0.05) is 0 Å². The lowest BCUT2D eigenvalue weighted by Crippen LogP contribution is -2.50. The van der Waals surface area contributed by atoms with E-state index < -0.39 is 28.6 Å². The molecule has 1 N–H and O–H groups in total. The van der Waals surface area contributed by atoms with E-state index in [1.807, 2.05) is 36.4 Å². The lowest BCUT2D eigenvalue weighted by atomic mass is 9.91. The van der Waals surface area contributed by atoms with E-state index in [0.29, 0.717) is 25.4 Å². The molecular weight excluding hydrogens is 509 g/mol. The maximum absolute atomic E-state index is 13.7. The first-order valence-corrected chi connectivity index (χ1v) is 19.7. The summed E-state index contributed by atoms with van der Waals surface area (Å²) in [6, 6.07) is 20.6. The number of aliphatic hydroxyl groups is 1. The van der Waals surface area contributed by atoms with Crippen molar-refractivity contribution in [1.82, 2.24) is 0 Å². The molecule has 5 atom stereocenters. The second kappa shape index (κ2) is 11.2. The highest BCUT2D eigenvalue weighted by atomic mass is 28.4. The van der Waals surface area contributed by atoms with Gasteiger partial charge in [0.15, 0.2) is 11.9 Å². The first-order valence-electron chi connectivity index (χ1n) is 13.8. The summed E-state index contributed by atoms with van der Waals surface area (Å²) in [6.07, 6.45) is 0.404. The van der Waals surface area contributed by atoms with Gasteiger partial charge < -0.3 is 19.0 Å². The van der Waals surface area contributed by atoms with Crippen molar-refractivity contribution in [2.45, 2.75) is 88.9 Å². The SMILES string of the molecule is CC(C)(C)[Si](C)(C)OC1=C[C@@H]([Si](C)(C)c2ccccc2)[C@@H]2C[C@H](COCc3ccccc3)O[C@H]1C(=O)[C@@H]2O. The number of rotatable bonds is 8. The third-order valence-electron chi connectivity index (χ3n) is 8.83. The Morgan fingerprint density at radius 2 is 1.58 bits per heavy atom. The molecule has 0 saturated carbocycles. The molecule has 2 aromatic carbocycles. The number of hydrogen-bond acceptors (Lipinski definition) is 5. The molecule has 1 aliphatic heterocycles. The number of ketones is 1. The summed E-state index contributed by atoms with van der Waals surface area (Å²) in [7, 11) is -4.47. The summed E-state index contributed by atoms with van der Waals surface area (Å²) in [5.41, 5.74) is 1.10. The first kappa shape index (κ1) is 29.0. The molecule has 0 unspecified atom stereocenters. The van der Waals surface area contributed by atoms with Gasteiger partial charge in [0.2, 0.25) is 8.32 Å². The highest BCUT2D eigenvalue weighted by Crippen LogP contribution is 2.46. The maximum Gasteiger partial charge on any atom is 0.250 e. The Morgan fingerprint density at radius 1 is 0.974 bits per heavy atom. The van der Waals surface area contributed by atoms with Crippen LogP contribution in [-0.4, -0.2) is 52.2 Å². The quantitative estimate of drug-likeness (QED) is 0.419. The van der Waals surface area contributed by atoms with E-state index in [1.54, 1.807) is 0 Å². The number of allylic oxidation sites excluding steroid dienone is 1. The minimum atomic E-state index is -2.28. The van der Waals surface area contributed by atoms with Gasteiger partial charge >= 0.3 is 0 Å². The number of fused-ring (bicyclic) bond motifs is 3. The van der Waals surface area contributed by atoms with Crippen LogP contribution in [0.5, 0.6) is 0 Å². The van der Waals surface area contributed by atoms with Gasteiger partial charge in [0.25, 0.3) is 0 Å². The molecule has 0 spiro atoms. The predicted octanol–water partition coefficient (Wildman–Crippen LogP) is 5.81. The zero-order valence-electron chi connectivity index (χ0n) is 23.9. The Kier molecular flexibility index (Phi) is 8.55. The second-order valence-electron chi connectivity index (χ2n) is 12.9. The summed E-state index contributed by atoms with van der Waals surface area (Å²) < 4.78 is 19.4. The van der Waals surface area contributed by atoms with Crippen molar-refractivity contribution in [3.05, 3.63) is 78.1 Å². The molecule has 0 radical (unpaired) electrons. The van der Waals surface area contributed by atoms with Crippen LogP contribution in [0.25, 0.3) is 0 Å². The zero-order valence-corrected chi connectivity index (χ0v) is 25.9. The van der Waals surface area contributed by atoms with Gasteiger partial charge in [-0.2, -0.15) is 0 Å². The Balaban J connectivity index is 1.71. The van der Waals surface area contributed by atoms with Crippen molar-refractivity contribution < 1.29 is 23.8 Å². The summed E-state index contributed by atoms with van der Waals surface area (Å²) >= 11 is 0. The van der Waals surface area contributed by atoms with Crippen molar-refractivity contribution in [2.24, 2.45) is 5.92 Å². The first-order chi connectivity index (χ1) is 17.8. The average Bonchev–Trinajstić information content (AvgIpc) is 3.03. The van der Waals surface area contributed by atoms with Crippen LogP contribution < -0.4 is 5.19 Å². The number of benzene rings is 2. The van der Waals surface area contributed by atoms with Crippen LogP contribution in [0.3, 0.4) is 0 Å². The molecule has 7 heteroatoms. The van der Waals surface area contributed by atoms with Crippen molar-refractivity contribution in [1.29, 1.82) is 0 Å². The summed E-state index contributed by atoms with van der Waals surface area (Å²) in [4.78, 5) is 13.7. The minimum absolute atomic E-state index is 0.00846. The second-order valence-corrected chi connectivity index (χ2v) is 22.3. The molecule has 5 nitrogen and oxygen atoms in total. The van der Waals surface area contributed by atoms with Crippen LogP contribution in [0.15, 0.2) is 72.5 Å². The van der Waals surface area contributed by atoms with Gasteiger partial charge in [-0.15, -0.1) is 0 Å². The fraction of sp³-hybridized carbons (Fsp3) is 0.516. The third-order valence-corrected chi connectivity index (χ3v) is 17.3. The van der Waals surface area contributed by atoms with Gasteiger partial charge in [-0.1, -0.05) is 99.7 Å². The van der Waals surface area contributed by atoms with Gasteiger partial charge in [-0.3, -0.25) is 4.79 Å². The minimum Gasteiger partial charge on any atom is -0.544 e. The fourth-order valence-corrected chi connectivity index (χ4v) is 9.86. The molecule has 38 heavy (non-hydrogen) atoms. The van der Waals surface area contributed by atoms with Crippen LogP contribution in [0, 0.1) is 5.92 Å². The van der Waals surface area contributed by atoms with Crippen LogP contribution in [0.2, 0.25) is 36.8 Å². The Hall–Kier alpha value is -2.04. The van der Waals surface area contributed by atoms with E-state index in [1.165, 1.54) is 5.19 Å². The molecule has 1 aliphatic carbocycles. The third kappa shape index (κ3) is 6.07. The Labute approximate surface area is 230 Å². The molecule has 0 amide bonds. The van der Waals surface area contributed by atoms with Gasteiger partial charge in [-0.05, 0) is 47.7 Å². The molecule has 206 valence electrons. The van der Waals surface area contributed by atoms with Crippen molar-refractivity contribution in [2.75, 3.05) is 6.61 Å². The molecule has 1 heterocycles. The standard InChI is InChI=1S/C31H44O5Si2/c1-31(2,3)38(6,7)36-26-19-27(37(4,5)24-16-12-9-13-17-24)25-18-23(35-30(26)29(33)28(25)32)21-34-20-22-14-10-8-11-15-22/h8-17,19,23,25,27-28,30,32H,18,20-21H2,1-7H3/t23-,25+,27-,28-,30-/m1/s1. The highest BCUT2D eigenvalue weighted by Gasteiger charge is 2.52. The molecule has 1 saturated heterocycles. The molecule has 2 aliphatic rings. The summed E-state index contributed by atoms with van der Waals surface area (Å²) in [6.45, 7) is 16.5. The molecule has 0 aromatic heterocycles. The van der Waals surface area contributed by atoms with Crippen molar-refractivity contribution in [3.8, 4) is 0 Å². The smallest absolute Gasteiger partial charge is 0.250 e. The lowest BCUT2D eigenvalue weighted by molar-refractivity contribution is -0.140. The number of hydrogen-bond donors (Lipinski definition) is 1. The Morgan fingerprint density at radius 3 is 2.18 bits per heavy atom. The molecule has 4 rings (SSSR count). The number of Topliss-reactive ketones (excluding diaryl/α,β-unsaturated/α-hetero) is 1. The number of ether oxygens (including phenoxy) is 2. The topological polar surface area (TPSA) is 65.0 Å². The van der Waals surface area contributed by atoms with Crippen molar-refractivity contribution in [3.63, 3.8) is 0 Å². The molecule has 2 aromatic rings. The molecule has 1 fully saturated rings. The van der Waals surface area contributed by atoms with Gasteiger partial charge in [0.1, 0.15) is 11.9 Å². The Bertz CT molecular complexity index is 1120. The van der Waals surface area contributed by atoms with Crippen LogP contribution in [0.4, 0.5) is 0 Å². The number of aliphatic hydroxyl groups excluding tert-OH is 1.